The van der Waals surface area contributed by atoms with Crippen molar-refractivity contribution in [2.75, 3.05) is 7.11 Å². The van der Waals surface area contributed by atoms with Crippen LogP contribution in [0.4, 0.5) is 4.39 Å². The minimum atomic E-state index is -0.506. The molecular formula is C16H12FN3O2. The number of pyridine rings is 1. The Morgan fingerprint density at radius 2 is 1.95 bits per heavy atom. The summed E-state index contributed by atoms with van der Waals surface area (Å²) in [5.74, 6) is -0.810. The molecule has 0 aliphatic heterocycles. The molecule has 0 fully saturated rings. The van der Waals surface area contributed by atoms with Crippen LogP contribution in [0.25, 0.3) is 22.4 Å². The number of hydrogen-bond acceptors (Lipinski definition) is 4. The minimum Gasteiger partial charge on any atom is -0.464 e. The maximum Gasteiger partial charge on any atom is 0.356 e. The summed E-state index contributed by atoms with van der Waals surface area (Å²) in [5, 5.41) is 6.93. The highest BCUT2D eigenvalue weighted by Crippen LogP contribution is 2.30. The number of carbonyl (C=O) groups excluding carboxylic acids is 1. The molecule has 6 heteroatoms. The molecule has 1 N–H and O–H groups in total. The van der Waals surface area contributed by atoms with Crippen LogP contribution in [0.5, 0.6) is 0 Å². The zero-order valence-corrected chi connectivity index (χ0v) is 11.7. The quantitative estimate of drug-likeness (QED) is 0.754. The Morgan fingerprint density at radius 1 is 1.18 bits per heavy atom. The number of nitrogens with zero attached hydrogens (tertiary/aromatic N) is 2. The largest absolute Gasteiger partial charge is 0.464 e. The Bertz CT molecular complexity index is 812. The van der Waals surface area contributed by atoms with Crippen molar-refractivity contribution in [3.63, 3.8) is 0 Å². The summed E-state index contributed by atoms with van der Waals surface area (Å²) in [6.07, 6.45) is 3.18. The summed E-state index contributed by atoms with van der Waals surface area (Å²) in [6.45, 7) is 0. The van der Waals surface area contributed by atoms with Crippen LogP contribution in [-0.2, 0) is 4.74 Å². The van der Waals surface area contributed by atoms with Gasteiger partial charge in [0.1, 0.15) is 11.5 Å². The number of rotatable bonds is 3. The van der Waals surface area contributed by atoms with E-state index in [9.17, 15) is 9.18 Å². The van der Waals surface area contributed by atoms with E-state index in [1.165, 1.54) is 25.4 Å². The lowest BCUT2D eigenvalue weighted by Gasteiger charge is -2.05. The van der Waals surface area contributed by atoms with E-state index in [1.54, 1.807) is 30.5 Å². The summed E-state index contributed by atoms with van der Waals surface area (Å²) >= 11 is 0. The second kappa shape index (κ2) is 5.77. The molecule has 3 rings (SSSR count). The fraction of sp³-hybridized carbons (Fsp3) is 0.0625. The fourth-order valence-corrected chi connectivity index (χ4v) is 2.16. The second-order valence-corrected chi connectivity index (χ2v) is 4.59. The number of methoxy groups -OCH3 is 1. The molecular weight excluding hydrogens is 285 g/mol. The molecule has 3 aromatic rings. The molecule has 2 aromatic heterocycles. The van der Waals surface area contributed by atoms with E-state index in [4.69, 9.17) is 0 Å². The van der Waals surface area contributed by atoms with Gasteiger partial charge in [0.15, 0.2) is 0 Å². The molecule has 0 amide bonds. The molecule has 0 spiro atoms. The van der Waals surface area contributed by atoms with Gasteiger partial charge >= 0.3 is 5.97 Å². The molecule has 0 atom stereocenters. The molecule has 0 unspecified atom stereocenters. The van der Waals surface area contributed by atoms with Crippen molar-refractivity contribution < 1.29 is 13.9 Å². The normalized spacial score (nSPS) is 10.5. The topological polar surface area (TPSA) is 67.9 Å². The van der Waals surface area contributed by atoms with Gasteiger partial charge in [0, 0.05) is 17.3 Å². The third kappa shape index (κ3) is 2.58. The zero-order chi connectivity index (χ0) is 15.5. The zero-order valence-electron chi connectivity index (χ0n) is 11.7. The van der Waals surface area contributed by atoms with E-state index in [-0.39, 0.29) is 11.5 Å². The first kappa shape index (κ1) is 13.9. The Kier molecular flexibility index (Phi) is 3.65. The summed E-state index contributed by atoms with van der Waals surface area (Å²) in [7, 11) is 1.30. The monoisotopic (exact) mass is 297 g/mol. The van der Waals surface area contributed by atoms with Crippen LogP contribution in [0.2, 0.25) is 0 Å². The molecule has 2 heterocycles. The van der Waals surface area contributed by atoms with Crippen molar-refractivity contribution in [2.24, 2.45) is 0 Å². The molecule has 1 aromatic carbocycles. The van der Waals surface area contributed by atoms with Gasteiger partial charge in [-0.05, 0) is 42.0 Å². The van der Waals surface area contributed by atoms with Crippen molar-refractivity contribution in [3.8, 4) is 22.4 Å². The average molecular weight is 297 g/mol. The highest BCUT2D eigenvalue weighted by atomic mass is 19.1. The van der Waals surface area contributed by atoms with Gasteiger partial charge in [0.2, 0.25) is 0 Å². The van der Waals surface area contributed by atoms with E-state index < -0.39 is 5.97 Å². The van der Waals surface area contributed by atoms with Gasteiger partial charge < -0.3 is 4.74 Å². The van der Waals surface area contributed by atoms with Crippen molar-refractivity contribution in [1.82, 2.24) is 15.2 Å². The van der Waals surface area contributed by atoms with Gasteiger partial charge in [-0.25, -0.2) is 14.2 Å². The highest BCUT2D eigenvalue weighted by Gasteiger charge is 2.13. The first-order valence-electron chi connectivity index (χ1n) is 6.53. The van der Waals surface area contributed by atoms with E-state index in [0.29, 0.717) is 0 Å². The molecule has 0 radical (unpaired) electrons. The first-order valence-corrected chi connectivity index (χ1v) is 6.53. The summed E-state index contributed by atoms with van der Waals surface area (Å²) in [6, 6.07) is 9.48. The summed E-state index contributed by atoms with van der Waals surface area (Å²) in [4.78, 5) is 15.6. The number of hydrogen-bond donors (Lipinski definition) is 1. The predicted octanol–water partition coefficient (Wildman–Crippen LogP) is 3.06. The number of ether oxygens (including phenoxy) is 1. The van der Waals surface area contributed by atoms with Crippen LogP contribution in [-0.4, -0.2) is 28.3 Å². The van der Waals surface area contributed by atoms with Crippen LogP contribution in [0.15, 0.2) is 48.8 Å². The number of benzene rings is 1. The molecule has 5 nitrogen and oxygen atoms in total. The molecule has 0 bridgehead atoms. The third-order valence-corrected chi connectivity index (χ3v) is 3.24. The van der Waals surface area contributed by atoms with Crippen molar-refractivity contribution in [1.29, 1.82) is 0 Å². The van der Waals surface area contributed by atoms with E-state index >= 15 is 0 Å². The molecule has 0 saturated carbocycles. The van der Waals surface area contributed by atoms with Crippen LogP contribution < -0.4 is 0 Å². The highest BCUT2D eigenvalue weighted by molar-refractivity contribution is 5.90. The van der Waals surface area contributed by atoms with Crippen LogP contribution in [0, 0.1) is 5.82 Å². The standard InChI is InChI=1S/C16H12FN3O2/c1-22-16(21)14-8-11(6-7-18-14)13-9-19-20-15(13)10-2-4-12(17)5-3-10/h2-9H,1H3,(H,19,20). The number of halogens is 1. The number of carbonyl (C=O) groups is 1. The smallest absolute Gasteiger partial charge is 0.356 e. The SMILES string of the molecule is COC(=O)c1cc(-c2cn[nH]c2-c2ccc(F)cc2)ccn1. The Hall–Kier alpha value is -3.02. The maximum atomic E-state index is 13.0. The number of nitrogens with one attached hydrogen (secondary N) is 1. The predicted molar refractivity (Wildman–Crippen MR) is 78.6 cm³/mol. The maximum absolute atomic E-state index is 13.0. The van der Waals surface area contributed by atoms with Gasteiger partial charge in [-0.1, -0.05) is 0 Å². The van der Waals surface area contributed by atoms with E-state index in [0.717, 1.165) is 22.4 Å². The Morgan fingerprint density at radius 3 is 2.68 bits per heavy atom. The lowest BCUT2D eigenvalue weighted by Crippen LogP contribution is -2.03. The van der Waals surface area contributed by atoms with E-state index in [1.807, 2.05) is 0 Å². The average Bonchev–Trinajstić information content (AvgIpc) is 3.04. The molecule has 0 aliphatic rings. The number of aromatic amines is 1. The Balaban J connectivity index is 2.05. The van der Waals surface area contributed by atoms with Crippen LogP contribution >= 0.6 is 0 Å². The molecule has 110 valence electrons. The second-order valence-electron chi connectivity index (χ2n) is 4.59. The molecule has 22 heavy (non-hydrogen) atoms. The minimum absolute atomic E-state index is 0.214. The van der Waals surface area contributed by atoms with Gasteiger partial charge in [-0.3, -0.25) is 5.10 Å². The van der Waals surface area contributed by atoms with Crippen molar-refractivity contribution in [3.05, 3.63) is 60.3 Å². The van der Waals surface area contributed by atoms with Gasteiger partial charge in [-0.2, -0.15) is 5.10 Å². The van der Waals surface area contributed by atoms with Crippen LogP contribution in [0.3, 0.4) is 0 Å². The lowest BCUT2D eigenvalue weighted by atomic mass is 10.0. The third-order valence-electron chi connectivity index (χ3n) is 3.24. The number of aromatic nitrogens is 3. The van der Waals surface area contributed by atoms with Crippen molar-refractivity contribution >= 4 is 5.97 Å². The number of esters is 1. The van der Waals surface area contributed by atoms with Gasteiger partial charge in [-0.15, -0.1) is 0 Å². The Labute approximate surface area is 125 Å². The fourth-order valence-electron chi connectivity index (χ4n) is 2.16. The van der Waals surface area contributed by atoms with Gasteiger partial charge in [0.25, 0.3) is 0 Å². The molecule has 0 aliphatic carbocycles. The van der Waals surface area contributed by atoms with Crippen LogP contribution in [0.1, 0.15) is 10.5 Å². The summed E-state index contributed by atoms with van der Waals surface area (Å²) in [5.41, 5.74) is 3.31. The van der Waals surface area contributed by atoms with E-state index in [2.05, 4.69) is 19.9 Å². The lowest BCUT2D eigenvalue weighted by molar-refractivity contribution is 0.0594. The number of H-pyrrole nitrogens is 1. The van der Waals surface area contributed by atoms with Crippen molar-refractivity contribution in [2.45, 2.75) is 0 Å². The van der Waals surface area contributed by atoms with Gasteiger partial charge in [0.05, 0.1) is 19.0 Å². The summed E-state index contributed by atoms with van der Waals surface area (Å²) < 4.78 is 17.7. The first-order chi connectivity index (χ1) is 10.7. The molecule has 0 saturated heterocycles.